The Bertz CT molecular complexity index is 1020. The van der Waals surface area contributed by atoms with Crippen molar-refractivity contribution in [3.8, 4) is 10.7 Å². The number of anilines is 2. The Morgan fingerprint density at radius 3 is 2.74 bits per heavy atom. The van der Waals surface area contributed by atoms with Gasteiger partial charge in [0.05, 0.1) is 10.6 Å². The molecule has 0 bridgehead atoms. The van der Waals surface area contributed by atoms with E-state index < -0.39 is 0 Å². The van der Waals surface area contributed by atoms with E-state index in [-0.39, 0.29) is 0 Å². The standard InChI is InChI=1S/C19H17N5S3/c1-2-5-13(6-3-1)20-18-21-14(11-26-18)12-27-19-23-22-17(16-7-4-10-25-16)24(19)15-8-9-15/h1-7,10-11,15H,8-9,12H2,(H,20,21). The molecule has 0 saturated heterocycles. The van der Waals surface area contributed by atoms with Crippen molar-refractivity contribution in [1.29, 1.82) is 0 Å². The van der Waals surface area contributed by atoms with Gasteiger partial charge < -0.3 is 5.32 Å². The molecule has 0 spiro atoms. The van der Waals surface area contributed by atoms with Gasteiger partial charge in [0, 0.05) is 22.9 Å². The second kappa shape index (κ2) is 7.46. The van der Waals surface area contributed by atoms with Crippen LogP contribution < -0.4 is 5.32 Å². The third-order valence-corrected chi connectivity index (χ3v) is 6.89. The van der Waals surface area contributed by atoms with Crippen LogP contribution in [0.3, 0.4) is 0 Å². The zero-order valence-corrected chi connectivity index (χ0v) is 16.9. The molecular weight excluding hydrogens is 394 g/mol. The molecule has 4 aromatic rings. The number of thiophene rings is 1. The maximum atomic E-state index is 4.70. The lowest BCUT2D eigenvalue weighted by atomic mass is 10.3. The third kappa shape index (κ3) is 3.78. The molecule has 3 heterocycles. The van der Waals surface area contributed by atoms with Crippen LogP contribution in [0.25, 0.3) is 10.7 Å². The molecule has 1 saturated carbocycles. The van der Waals surface area contributed by atoms with Crippen molar-refractivity contribution in [3.63, 3.8) is 0 Å². The molecule has 136 valence electrons. The first-order valence-electron chi connectivity index (χ1n) is 8.75. The van der Waals surface area contributed by atoms with Crippen LogP contribution in [-0.2, 0) is 5.75 Å². The number of benzene rings is 1. The largest absolute Gasteiger partial charge is 0.332 e. The molecule has 8 heteroatoms. The van der Waals surface area contributed by atoms with Gasteiger partial charge in [-0.15, -0.1) is 32.9 Å². The number of hydrogen-bond donors (Lipinski definition) is 1. The van der Waals surface area contributed by atoms with Gasteiger partial charge in [-0.1, -0.05) is 36.0 Å². The maximum absolute atomic E-state index is 4.70. The fourth-order valence-corrected chi connectivity index (χ4v) is 5.26. The van der Waals surface area contributed by atoms with Gasteiger partial charge in [0.25, 0.3) is 0 Å². The molecule has 0 aliphatic heterocycles. The van der Waals surface area contributed by atoms with E-state index >= 15 is 0 Å². The van der Waals surface area contributed by atoms with E-state index in [4.69, 9.17) is 4.98 Å². The van der Waals surface area contributed by atoms with Gasteiger partial charge in [0.2, 0.25) is 0 Å². The molecule has 1 aliphatic carbocycles. The summed E-state index contributed by atoms with van der Waals surface area (Å²) in [6, 6.07) is 14.9. The topological polar surface area (TPSA) is 55.6 Å². The molecule has 5 rings (SSSR count). The molecule has 1 aromatic carbocycles. The van der Waals surface area contributed by atoms with Crippen LogP contribution in [0, 0.1) is 0 Å². The highest BCUT2D eigenvalue weighted by atomic mass is 32.2. The summed E-state index contributed by atoms with van der Waals surface area (Å²) >= 11 is 5.06. The van der Waals surface area contributed by atoms with Crippen LogP contribution in [0.1, 0.15) is 24.6 Å². The summed E-state index contributed by atoms with van der Waals surface area (Å²) < 4.78 is 2.31. The number of thiazole rings is 1. The Kier molecular flexibility index (Phi) is 4.69. The smallest absolute Gasteiger partial charge is 0.192 e. The predicted molar refractivity (Wildman–Crippen MR) is 113 cm³/mol. The Balaban J connectivity index is 1.30. The summed E-state index contributed by atoms with van der Waals surface area (Å²) in [7, 11) is 0. The lowest BCUT2D eigenvalue weighted by Gasteiger charge is -2.07. The first-order chi connectivity index (χ1) is 13.4. The van der Waals surface area contributed by atoms with Crippen LogP contribution in [0.4, 0.5) is 10.8 Å². The van der Waals surface area contributed by atoms with Gasteiger partial charge in [-0.25, -0.2) is 4.98 Å². The maximum Gasteiger partial charge on any atom is 0.192 e. The lowest BCUT2D eigenvalue weighted by molar-refractivity contribution is 0.670. The van der Waals surface area contributed by atoms with E-state index in [2.05, 4.69) is 43.0 Å². The van der Waals surface area contributed by atoms with Crippen molar-refractivity contribution < 1.29 is 0 Å². The summed E-state index contributed by atoms with van der Waals surface area (Å²) in [5.74, 6) is 1.79. The highest BCUT2D eigenvalue weighted by molar-refractivity contribution is 7.98. The van der Waals surface area contributed by atoms with Gasteiger partial charge in [-0.3, -0.25) is 4.57 Å². The van der Waals surface area contributed by atoms with Crippen LogP contribution in [0.15, 0.2) is 58.4 Å². The molecule has 0 amide bonds. The van der Waals surface area contributed by atoms with Crippen LogP contribution in [0.2, 0.25) is 0 Å². The van der Waals surface area contributed by atoms with E-state index in [1.165, 1.54) is 17.7 Å². The first kappa shape index (κ1) is 17.0. The van der Waals surface area contributed by atoms with Gasteiger partial charge in [0.15, 0.2) is 16.1 Å². The quantitative estimate of drug-likeness (QED) is 0.388. The molecule has 1 fully saturated rings. The Morgan fingerprint density at radius 1 is 1.07 bits per heavy atom. The second-order valence-electron chi connectivity index (χ2n) is 6.31. The van der Waals surface area contributed by atoms with Gasteiger partial charge in [-0.2, -0.15) is 0 Å². The number of nitrogens with zero attached hydrogens (tertiary/aromatic N) is 4. The van der Waals surface area contributed by atoms with Crippen molar-refractivity contribution in [2.45, 2.75) is 29.8 Å². The number of hydrogen-bond acceptors (Lipinski definition) is 7. The van der Waals surface area contributed by atoms with Gasteiger partial charge >= 0.3 is 0 Å². The molecular formula is C19H17N5S3. The van der Waals surface area contributed by atoms with E-state index in [9.17, 15) is 0 Å². The average molecular weight is 412 g/mol. The number of para-hydroxylation sites is 1. The normalized spacial score (nSPS) is 13.8. The number of rotatable bonds is 7. The highest BCUT2D eigenvalue weighted by Gasteiger charge is 2.30. The van der Waals surface area contributed by atoms with Crippen LogP contribution in [-0.4, -0.2) is 19.7 Å². The van der Waals surface area contributed by atoms with Crippen molar-refractivity contribution in [2.75, 3.05) is 5.32 Å². The molecule has 0 unspecified atom stereocenters. The SMILES string of the molecule is c1ccc(Nc2nc(CSc3nnc(-c4cccs4)n3C3CC3)cs2)cc1. The number of aromatic nitrogens is 4. The van der Waals surface area contributed by atoms with Gasteiger partial charge in [-0.05, 0) is 36.4 Å². The van der Waals surface area contributed by atoms with Crippen LogP contribution in [0.5, 0.6) is 0 Å². The minimum Gasteiger partial charge on any atom is -0.332 e. The van der Waals surface area contributed by atoms with E-state index in [1.807, 2.05) is 30.3 Å². The molecule has 0 atom stereocenters. The molecule has 1 N–H and O–H groups in total. The first-order valence-corrected chi connectivity index (χ1v) is 11.5. The molecule has 5 nitrogen and oxygen atoms in total. The minimum absolute atomic E-state index is 0.547. The van der Waals surface area contributed by atoms with E-state index in [1.54, 1.807) is 34.4 Å². The zero-order valence-electron chi connectivity index (χ0n) is 14.4. The fourth-order valence-electron chi connectivity index (χ4n) is 2.83. The summed E-state index contributed by atoms with van der Waals surface area (Å²) in [6.45, 7) is 0. The predicted octanol–water partition coefficient (Wildman–Crippen LogP) is 5.83. The Labute approximate surface area is 169 Å². The summed E-state index contributed by atoms with van der Waals surface area (Å²) in [4.78, 5) is 5.88. The molecule has 27 heavy (non-hydrogen) atoms. The minimum atomic E-state index is 0.547. The monoisotopic (exact) mass is 411 g/mol. The highest BCUT2D eigenvalue weighted by Crippen LogP contribution is 2.42. The third-order valence-electron chi connectivity index (χ3n) is 4.24. The van der Waals surface area contributed by atoms with Crippen molar-refractivity contribution in [3.05, 3.63) is 58.9 Å². The Hall–Kier alpha value is -2.16. The summed E-state index contributed by atoms with van der Waals surface area (Å²) in [6.07, 6.45) is 2.43. The number of nitrogens with one attached hydrogen (secondary N) is 1. The van der Waals surface area contributed by atoms with Crippen molar-refractivity contribution >= 4 is 45.3 Å². The van der Waals surface area contributed by atoms with Crippen molar-refractivity contribution in [2.24, 2.45) is 0 Å². The van der Waals surface area contributed by atoms with Crippen LogP contribution >= 0.6 is 34.4 Å². The average Bonchev–Trinajstić information content (AvgIpc) is 3.10. The second-order valence-corrected chi connectivity index (χ2v) is 9.06. The summed E-state index contributed by atoms with van der Waals surface area (Å²) in [5.41, 5.74) is 2.12. The Morgan fingerprint density at radius 2 is 1.96 bits per heavy atom. The van der Waals surface area contributed by atoms with E-state index in [0.717, 1.165) is 33.2 Å². The fraction of sp³-hybridized carbons (Fsp3) is 0.211. The zero-order chi connectivity index (χ0) is 18.1. The molecule has 1 aliphatic rings. The summed E-state index contributed by atoms with van der Waals surface area (Å²) in [5, 5.41) is 18.4. The van der Waals surface area contributed by atoms with Crippen molar-refractivity contribution in [1.82, 2.24) is 19.7 Å². The van der Waals surface area contributed by atoms with E-state index in [0.29, 0.717) is 6.04 Å². The molecule has 3 aromatic heterocycles. The number of thioether (sulfide) groups is 1. The lowest BCUT2D eigenvalue weighted by Crippen LogP contribution is -1.99. The van der Waals surface area contributed by atoms with Gasteiger partial charge in [0.1, 0.15) is 0 Å². The molecule has 0 radical (unpaired) electrons.